The first-order valence-electron chi connectivity index (χ1n) is 8.64. The monoisotopic (exact) mass is 406 g/mol. The highest BCUT2D eigenvalue weighted by Gasteiger charge is 2.08. The van der Waals surface area contributed by atoms with Crippen LogP contribution in [0.2, 0.25) is 5.02 Å². The van der Waals surface area contributed by atoms with Crippen LogP contribution in [0.25, 0.3) is 0 Å². The topological polar surface area (TPSA) is 85.9 Å². The normalized spacial score (nSPS) is 10.1. The Morgan fingerprint density at radius 2 is 1.54 bits per heavy atom. The molecular formula is C20H23ClN2O5. The molecule has 0 heterocycles. The van der Waals surface area contributed by atoms with Crippen LogP contribution in [0.5, 0.6) is 17.2 Å². The number of amides is 2. The third-order valence-electron chi connectivity index (χ3n) is 3.77. The molecule has 8 heteroatoms. The molecule has 0 spiro atoms. The van der Waals surface area contributed by atoms with Gasteiger partial charge in [0.2, 0.25) is 5.91 Å². The molecule has 0 radical (unpaired) electrons. The second kappa shape index (κ2) is 11.0. The molecule has 0 saturated heterocycles. The van der Waals surface area contributed by atoms with E-state index in [0.29, 0.717) is 35.4 Å². The lowest BCUT2D eigenvalue weighted by atomic mass is 10.1. The summed E-state index contributed by atoms with van der Waals surface area (Å²) in [5.74, 6) is 1.31. The van der Waals surface area contributed by atoms with Gasteiger partial charge in [-0.3, -0.25) is 9.59 Å². The van der Waals surface area contributed by atoms with Crippen molar-refractivity contribution in [1.29, 1.82) is 0 Å². The average molecular weight is 407 g/mol. The van der Waals surface area contributed by atoms with Crippen LogP contribution in [-0.2, 0) is 16.0 Å². The van der Waals surface area contributed by atoms with Gasteiger partial charge in [0.1, 0.15) is 5.75 Å². The molecule has 2 aromatic carbocycles. The predicted octanol–water partition coefficient (Wildman–Crippen LogP) is 2.21. The van der Waals surface area contributed by atoms with Crippen LogP contribution in [0.1, 0.15) is 5.56 Å². The molecule has 0 aliphatic rings. The number of halogens is 1. The van der Waals surface area contributed by atoms with Crippen LogP contribution in [-0.4, -0.2) is 45.7 Å². The minimum Gasteiger partial charge on any atom is -0.493 e. The molecule has 0 atom stereocenters. The number of carbonyl (C=O) groups excluding carboxylic acids is 2. The molecule has 7 nitrogen and oxygen atoms in total. The van der Waals surface area contributed by atoms with Gasteiger partial charge in [0, 0.05) is 18.1 Å². The van der Waals surface area contributed by atoms with Crippen LogP contribution >= 0.6 is 11.6 Å². The summed E-state index contributed by atoms with van der Waals surface area (Å²) >= 11 is 5.78. The molecule has 0 saturated carbocycles. The lowest BCUT2D eigenvalue weighted by Crippen LogP contribution is -2.37. The largest absolute Gasteiger partial charge is 0.493 e. The Morgan fingerprint density at radius 1 is 0.893 bits per heavy atom. The molecule has 0 unspecified atom stereocenters. The van der Waals surface area contributed by atoms with Crippen molar-refractivity contribution in [3.63, 3.8) is 0 Å². The van der Waals surface area contributed by atoms with Crippen LogP contribution in [0, 0.1) is 0 Å². The lowest BCUT2D eigenvalue weighted by molar-refractivity contribution is -0.124. The molecule has 0 aliphatic heterocycles. The van der Waals surface area contributed by atoms with Crippen molar-refractivity contribution in [3.8, 4) is 17.2 Å². The Hall–Kier alpha value is -2.93. The number of benzene rings is 2. The number of ether oxygens (including phenoxy) is 3. The van der Waals surface area contributed by atoms with Crippen molar-refractivity contribution in [3.05, 3.63) is 53.1 Å². The van der Waals surface area contributed by atoms with Gasteiger partial charge in [-0.2, -0.15) is 0 Å². The molecule has 2 amide bonds. The smallest absolute Gasteiger partial charge is 0.258 e. The first kappa shape index (κ1) is 21.4. The molecule has 28 heavy (non-hydrogen) atoms. The van der Waals surface area contributed by atoms with E-state index in [1.165, 1.54) is 0 Å². The Bertz CT molecular complexity index is 796. The van der Waals surface area contributed by atoms with E-state index in [9.17, 15) is 9.59 Å². The Kier molecular flexibility index (Phi) is 8.42. The summed E-state index contributed by atoms with van der Waals surface area (Å²) in [7, 11) is 3.10. The van der Waals surface area contributed by atoms with E-state index in [4.69, 9.17) is 25.8 Å². The van der Waals surface area contributed by atoms with Gasteiger partial charge in [-0.05, 0) is 42.0 Å². The maximum absolute atomic E-state index is 12.0. The van der Waals surface area contributed by atoms with Gasteiger partial charge >= 0.3 is 0 Å². The number of rotatable bonds is 10. The van der Waals surface area contributed by atoms with Crippen molar-refractivity contribution in [1.82, 2.24) is 10.6 Å². The first-order valence-corrected chi connectivity index (χ1v) is 9.02. The summed E-state index contributed by atoms with van der Waals surface area (Å²) in [5.41, 5.74) is 0.801. The van der Waals surface area contributed by atoms with Crippen molar-refractivity contribution < 1.29 is 23.8 Å². The summed E-state index contributed by atoms with van der Waals surface area (Å²) in [6.45, 7) is 0.514. The van der Waals surface area contributed by atoms with Gasteiger partial charge in [-0.25, -0.2) is 0 Å². The Morgan fingerprint density at radius 3 is 2.18 bits per heavy atom. The molecule has 2 aromatic rings. The van der Waals surface area contributed by atoms with Gasteiger partial charge < -0.3 is 24.8 Å². The van der Waals surface area contributed by atoms with E-state index in [0.717, 1.165) is 5.56 Å². The lowest BCUT2D eigenvalue weighted by Gasteiger charge is -2.10. The standard InChI is InChI=1S/C20H23ClN2O5/c1-26-17-8-3-14(11-18(17)27-2)12-19(24)22-9-10-23-20(25)13-28-16-6-4-15(21)5-7-16/h3-8,11H,9-10,12-13H2,1-2H3,(H,22,24)(H,23,25). The Balaban J connectivity index is 1.65. The second-order valence-corrected chi connectivity index (χ2v) is 6.25. The zero-order valence-corrected chi connectivity index (χ0v) is 16.5. The molecule has 150 valence electrons. The average Bonchev–Trinajstić information content (AvgIpc) is 2.70. The van der Waals surface area contributed by atoms with Crippen LogP contribution in [0.4, 0.5) is 0 Å². The third kappa shape index (κ3) is 7.00. The van der Waals surface area contributed by atoms with E-state index in [2.05, 4.69) is 10.6 Å². The van der Waals surface area contributed by atoms with Crippen molar-refractivity contribution in [2.75, 3.05) is 33.9 Å². The van der Waals surface area contributed by atoms with Gasteiger partial charge in [-0.1, -0.05) is 17.7 Å². The number of carbonyl (C=O) groups is 2. The van der Waals surface area contributed by atoms with Crippen molar-refractivity contribution in [2.24, 2.45) is 0 Å². The van der Waals surface area contributed by atoms with Crippen LogP contribution in [0.15, 0.2) is 42.5 Å². The van der Waals surface area contributed by atoms with Gasteiger partial charge in [0.05, 0.1) is 20.6 Å². The highest BCUT2D eigenvalue weighted by Crippen LogP contribution is 2.27. The maximum atomic E-state index is 12.0. The molecule has 0 fully saturated rings. The fraction of sp³-hybridized carbons (Fsp3) is 0.300. The highest BCUT2D eigenvalue weighted by atomic mass is 35.5. The third-order valence-corrected chi connectivity index (χ3v) is 4.02. The van der Waals surface area contributed by atoms with E-state index < -0.39 is 0 Å². The summed E-state index contributed by atoms with van der Waals surface area (Å²) < 4.78 is 15.7. The van der Waals surface area contributed by atoms with E-state index in [-0.39, 0.29) is 24.8 Å². The maximum Gasteiger partial charge on any atom is 0.258 e. The first-order chi connectivity index (χ1) is 13.5. The van der Waals surface area contributed by atoms with Crippen molar-refractivity contribution >= 4 is 23.4 Å². The second-order valence-electron chi connectivity index (χ2n) is 5.81. The van der Waals surface area contributed by atoms with E-state index >= 15 is 0 Å². The van der Waals surface area contributed by atoms with Gasteiger partial charge in [-0.15, -0.1) is 0 Å². The summed E-state index contributed by atoms with van der Waals surface area (Å²) in [6.07, 6.45) is 0.202. The van der Waals surface area contributed by atoms with Crippen LogP contribution < -0.4 is 24.8 Å². The van der Waals surface area contributed by atoms with E-state index in [1.807, 2.05) is 0 Å². The number of methoxy groups -OCH3 is 2. The number of hydrogen-bond acceptors (Lipinski definition) is 5. The van der Waals surface area contributed by atoms with Crippen molar-refractivity contribution in [2.45, 2.75) is 6.42 Å². The highest BCUT2D eigenvalue weighted by molar-refractivity contribution is 6.30. The zero-order chi connectivity index (χ0) is 20.4. The minimum absolute atomic E-state index is 0.110. The number of nitrogens with one attached hydrogen (secondary N) is 2. The molecule has 0 bridgehead atoms. The minimum atomic E-state index is -0.274. The molecule has 2 N–H and O–H groups in total. The summed E-state index contributed by atoms with van der Waals surface area (Å²) in [4.78, 5) is 23.8. The fourth-order valence-corrected chi connectivity index (χ4v) is 2.50. The quantitative estimate of drug-likeness (QED) is 0.591. The molecule has 2 rings (SSSR count). The molecule has 0 aromatic heterocycles. The fourth-order valence-electron chi connectivity index (χ4n) is 2.37. The number of hydrogen-bond donors (Lipinski definition) is 2. The SMILES string of the molecule is COc1ccc(CC(=O)NCCNC(=O)COc2ccc(Cl)cc2)cc1OC. The van der Waals surface area contributed by atoms with E-state index in [1.54, 1.807) is 56.7 Å². The van der Waals surface area contributed by atoms with Gasteiger partial charge in [0.15, 0.2) is 18.1 Å². The van der Waals surface area contributed by atoms with Crippen LogP contribution in [0.3, 0.4) is 0 Å². The van der Waals surface area contributed by atoms with Gasteiger partial charge in [0.25, 0.3) is 5.91 Å². The summed E-state index contributed by atoms with van der Waals surface area (Å²) in [5, 5.41) is 6.02. The Labute approximate surface area is 168 Å². The summed E-state index contributed by atoms with van der Waals surface area (Å²) in [6, 6.07) is 12.0. The predicted molar refractivity (Wildman–Crippen MR) is 106 cm³/mol. The molecule has 0 aliphatic carbocycles. The molecular weight excluding hydrogens is 384 g/mol. The zero-order valence-electron chi connectivity index (χ0n) is 15.8.